The molecule has 1 aliphatic heterocycles. The Labute approximate surface area is 141 Å². The number of aryl methyl sites for hydroxylation is 2. The van der Waals surface area contributed by atoms with Crippen LogP contribution < -0.4 is 5.32 Å². The predicted molar refractivity (Wildman–Crippen MR) is 91.2 cm³/mol. The number of halogens is 1. The fraction of sp³-hybridized carbons (Fsp3) is 0.368. The van der Waals surface area contributed by atoms with Crippen molar-refractivity contribution in [2.75, 3.05) is 6.54 Å². The molecule has 2 aromatic carbocycles. The van der Waals surface area contributed by atoms with Gasteiger partial charge in [-0.25, -0.2) is 12.8 Å². The lowest BCUT2D eigenvalue weighted by atomic mass is 9.78. The summed E-state index contributed by atoms with van der Waals surface area (Å²) in [6.07, 6.45) is 2.24. The van der Waals surface area contributed by atoms with Crippen molar-refractivity contribution in [2.24, 2.45) is 0 Å². The Morgan fingerprint density at radius 2 is 1.92 bits per heavy atom. The molecule has 0 bridgehead atoms. The van der Waals surface area contributed by atoms with Crippen molar-refractivity contribution >= 4 is 9.84 Å². The molecular weight excluding hydrogens is 325 g/mol. The van der Waals surface area contributed by atoms with Crippen LogP contribution in [-0.2, 0) is 21.0 Å². The van der Waals surface area contributed by atoms with Gasteiger partial charge in [0.05, 0.1) is 4.90 Å². The van der Waals surface area contributed by atoms with E-state index in [1.807, 2.05) is 19.1 Å². The van der Waals surface area contributed by atoms with Gasteiger partial charge in [-0.05, 0) is 68.1 Å². The molecule has 1 aliphatic carbocycles. The van der Waals surface area contributed by atoms with Crippen LogP contribution in [0.4, 0.5) is 4.39 Å². The standard InChI is InChI=1S/C19H20FNO2S/c1-13-2-8-17-14(12-13)3-9-18-19(17,10-11-21-18)24(22,23)16-6-4-15(20)5-7-16/h2,4-8,12,18,21H,3,9-11H2,1H3. The van der Waals surface area contributed by atoms with E-state index in [4.69, 9.17) is 0 Å². The van der Waals surface area contributed by atoms with Gasteiger partial charge in [-0.1, -0.05) is 23.8 Å². The van der Waals surface area contributed by atoms with Crippen LogP contribution in [0.1, 0.15) is 29.5 Å². The van der Waals surface area contributed by atoms with Crippen molar-refractivity contribution < 1.29 is 12.8 Å². The maximum absolute atomic E-state index is 13.6. The molecule has 0 amide bonds. The molecule has 0 spiro atoms. The van der Waals surface area contributed by atoms with Crippen LogP contribution in [0.5, 0.6) is 0 Å². The Morgan fingerprint density at radius 3 is 2.67 bits per heavy atom. The number of sulfone groups is 1. The van der Waals surface area contributed by atoms with Crippen molar-refractivity contribution in [3.63, 3.8) is 0 Å². The Balaban J connectivity index is 1.96. The molecule has 2 aromatic rings. The average molecular weight is 345 g/mol. The Morgan fingerprint density at radius 1 is 1.17 bits per heavy atom. The summed E-state index contributed by atoms with van der Waals surface area (Å²) < 4.78 is 39.5. The minimum absolute atomic E-state index is 0.0947. The lowest BCUT2D eigenvalue weighted by Gasteiger charge is -2.40. The molecule has 1 fully saturated rings. The molecule has 4 rings (SSSR count). The SMILES string of the molecule is Cc1ccc2c(c1)CCC1NCCC21S(=O)(=O)c1ccc(F)cc1. The molecule has 1 saturated heterocycles. The number of rotatable bonds is 2. The van der Waals surface area contributed by atoms with Gasteiger partial charge in [0.15, 0.2) is 9.84 Å². The van der Waals surface area contributed by atoms with E-state index >= 15 is 0 Å². The van der Waals surface area contributed by atoms with Crippen LogP contribution in [0.15, 0.2) is 47.4 Å². The zero-order chi connectivity index (χ0) is 16.9. The second-order valence-corrected chi connectivity index (χ2v) is 9.01. The molecule has 126 valence electrons. The summed E-state index contributed by atoms with van der Waals surface area (Å²) in [4.78, 5) is 0.200. The normalized spacial score (nSPS) is 26.0. The van der Waals surface area contributed by atoms with Crippen LogP contribution in [0.2, 0.25) is 0 Å². The first kappa shape index (κ1) is 15.8. The van der Waals surface area contributed by atoms with E-state index in [1.54, 1.807) is 0 Å². The van der Waals surface area contributed by atoms with Crippen molar-refractivity contribution in [3.05, 3.63) is 65.0 Å². The van der Waals surface area contributed by atoms with Gasteiger partial charge in [-0.3, -0.25) is 0 Å². The Hall–Kier alpha value is -1.72. The van der Waals surface area contributed by atoms with Crippen molar-refractivity contribution in [3.8, 4) is 0 Å². The van der Waals surface area contributed by atoms with E-state index in [2.05, 4.69) is 11.4 Å². The summed E-state index contributed by atoms with van der Waals surface area (Å²) >= 11 is 0. The lowest BCUT2D eigenvalue weighted by Crippen LogP contribution is -2.49. The number of fused-ring (bicyclic) bond motifs is 3. The molecule has 0 radical (unpaired) electrons. The molecule has 2 atom stereocenters. The molecule has 24 heavy (non-hydrogen) atoms. The van der Waals surface area contributed by atoms with Crippen molar-refractivity contribution in [2.45, 2.75) is 41.9 Å². The second kappa shape index (κ2) is 5.39. The molecule has 0 aromatic heterocycles. The largest absolute Gasteiger partial charge is 0.312 e. The molecule has 2 aliphatic rings. The minimum Gasteiger partial charge on any atom is -0.312 e. The predicted octanol–water partition coefficient (Wildman–Crippen LogP) is 3.11. The highest BCUT2D eigenvalue weighted by Gasteiger charge is 2.56. The van der Waals surface area contributed by atoms with Crippen LogP contribution in [-0.4, -0.2) is 21.0 Å². The van der Waals surface area contributed by atoms with E-state index in [1.165, 1.54) is 24.3 Å². The summed E-state index contributed by atoms with van der Waals surface area (Å²) in [6.45, 7) is 2.71. The lowest BCUT2D eigenvalue weighted by molar-refractivity contribution is 0.416. The summed E-state index contributed by atoms with van der Waals surface area (Å²) in [5.74, 6) is -0.424. The quantitative estimate of drug-likeness (QED) is 0.851. The number of nitrogens with one attached hydrogen (secondary N) is 1. The van der Waals surface area contributed by atoms with E-state index in [9.17, 15) is 12.8 Å². The van der Waals surface area contributed by atoms with E-state index in [-0.39, 0.29) is 10.9 Å². The van der Waals surface area contributed by atoms with Crippen LogP contribution in [0.25, 0.3) is 0 Å². The third kappa shape index (κ3) is 2.07. The van der Waals surface area contributed by atoms with Gasteiger partial charge in [-0.15, -0.1) is 0 Å². The molecule has 0 saturated carbocycles. The zero-order valence-electron chi connectivity index (χ0n) is 13.5. The van der Waals surface area contributed by atoms with Crippen LogP contribution >= 0.6 is 0 Å². The average Bonchev–Trinajstić information content (AvgIpc) is 3.00. The minimum atomic E-state index is -3.63. The smallest absolute Gasteiger partial charge is 0.189 e. The number of benzene rings is 2. The molecule has 5 heteroatoms. The molecule has 1 N–H and O–H groups in total. The maximum Gasteiger partial charge on any atom is 0.189 e. The number of hydrogen-bond donors (Lipinski definition) is 1. The first-order chi connectivity index (χ1) is 11.4. The fourth-order valence-corrected chi connectivity index (χ4v) is 6.71. The summed E-state index contributed by atoms with van der Waals surface area (Å²) in [5.41, 5.74) is 3.19. The van der Waals surface area contributed by atoms with Gasteiger partial charge in [-0.2, -0.15) is 0 Å². The highest BCUT2D eigenvalue weighted by molar-refractivity contribution is 7.92. The van der Waals surface area contributed by atoms with Gasteiger partial charge in [0, 0.05) is 6.04 Å². The maximum atomic E-state index is 13.6. The van der Waals surface area contributed by atoms with Gasteiger partial charge in [0.1, 0.15) is 10.6 Å². The molecular formula is C19H20FNO2S. The van der Waals surface area contributed by atoms with Gasteiger partial charge in [0.25, 0.3) is 0 Å². The fourth-order valence-electron chi connectivity index (χ4n) is 4.36. The Bertz CT molecular complexity index is 892. The molecule has 3 nitrogen and oxygen atoms in total. The van der Waals surface area contributed by atoms with Crippen LogP contribution in [0.3, 0.4) is 0 Å². The molecule has 2 unspecified atom stereocenters. The van der Waals surface area contributed by atoms with E-state index in [0.717, 1.165) is 29.5 Å². The highest BCUT2D eigenvalue weighted by atomic mass is 32.2. The van der Waals surface area contributed by atoms with Gasteiger partial charge in [0.2, 0.25) is 0 Å². The summed E-state index contributed by atoms with van der Waals surface area (Å²) in [7, 11) is -3.63. The van der Waals surface area contributed by atoms with Gasteiger partial charge < -0.3 is 5.32 Å². The summed E-state index contributed by atoms with van der Waals surface area (Å²) in [5, 5.41) is 3.39. The first-order valence-electron chi connectivity index (χ1n) is 8.29. The second-order valence-electron chi connectivity index (χ2n) is 6.80. The third-order valence-corrected chi connectivity index (χ3v) is 8.03. The monoisotopic (exact) mass is 345 g/mol. The van der Waals surface area contributed by atoms with Gasteiger partial charge >= 0.3 is 0 Å². The number of hydrogen-bond acceptors (Lipinski definition) is 3. The van der Waals surface area contributed by atoms with Crippen molar-refractivity contribution in [1.82, 2.24) is 5.32 Å². The zero-order valence-corrected chi connectivity index (χ0v) is 14.4. The highest BCUT2D eigenvalue weighted by Crippen LogP contribution is 2.49. The first-order valence-corrected chi connectivity index (χ1v) is 9.77. The van der Waals surface area contributed by atoms with Crippen LogP contribution in [0, 0.1) is 12.7 Å². The Kier molecular flexibility index (Phi) is 3.55. The summed E-state index contributed by atoms with van der Waals surface area (Å²) in [6, 6.07) is 11.2. The third-order valence-electron chi connectivity index (χ3n) is 5.47. The van der Waals surface area contributed by atoms with Crippen molar-refractivity contribution in [1.29, 1.82) is 0 Å². The topological polar surface area (TPSA) is 46.2 Å². The molecule has 1 heterocycles. The van der Waals surface area contributed by atoms with E-state index < -0.39 is 20.4 Å². The van der Waals surface area contributed by atoms with E-state index in [0.29, 0.717) is 13.0 Å².